The Kier molecular flexibility index (Phi) is 7.85. The molecule has 1 unspecified atom stereocenters. The Bertz CT molecular complexity index is 1520. The Morgan fingerprint density at radius 3 is 2.26 bits per heavy atom. The third-order valence-electron chi connectivity index (χ3n) is 7.31. The maximum Gasteiger partial charge on any atom is 0.416 e. The molecule has 3 aromatic carbocycles. The normalized spacial score (nSPS) is 17.1. The third kappa shape index (κ3) is 5.50. The zero-order valence-electron chi connectivity index (χ0n) is 22.7. The number of aliphatic carboxylic acids is 1. The molecule has 2 aliphatic heterocycles. The fraction of sp³-hybridized carbons (Fsp3) is 0.310. The number of hydrogen-bond donors (Lipinski definition) is 1. The molecule has 1 N–H and O–H groups in total. The maximum absolute atomic E-state index is 15.1. The van der Waals surface area contributed by atoms with E-state index in [-0.39, 0.29) is 34.4 Å². The van der Waals surface area contributed by atoms with Crippen molar-refractivity contribution in [2.24, 2.45) is 4.99 Å². The molecule has 1 atom stereocenters. The van der Waals surface area contributed by atoms with Crippen LogP contribution in [0.2, 0.25) is 0 Å². The van der Waals surface area contributed by atoms with Crippen molar-refractivity contribution < 1.29 is 41.3 Å². The van der Waals surface area contributed by atoms with E-state index < -0.39 is 41.8 Å². The summed E-state index contributed by atoms with van der Waals surface area (Å²) in [7, 11) is 2.66. The van der Waals surface area contributed by atoms with E-state index >= 15 is 4.39 Å². The van der Waals surface area contributed by atoms with Crippen LogP contribution in [0.5, 0.6) is 11.5 Å². The predicted molar refractivity (Wildman–Crippen MR) is 146 cm³/mol. The first-order chi connectivity index (χ1) is 20.0. The van der Waals surface area contributed by atoms with Crippen LogP contribution in [0.25, 0.3) is 0 Å². The van der Waals surface area contributed by atoms with Gasteiger partial charge < -0.3 is 29.3 Å². The lowest BCUT2D eigenvalue weighted by Crippen LogP contribution is -2.55. The molecule has 13 heteroatoms. The van der Waals surface area contributed by atoms with Gasteiger partial charge in [-0.2, -0.15) is 13.2 Å². The molecular weight excluding hydrogens is 563 g/mol. The van der Waals surface area contributed by atoms with Gasteiger partial charge in [-0.25, -0.2) is 13.8 Å². The molecule has 0 spiro atoms. The highest BCUT2D eigenvalue weighted by atomic mass is 19.4. The van der Waals surface area contributed by atoms with Crippen LogP contribution < -0.4 is 19.3 Å². The number of anilines is 2. The van der Waals surface area contributed by atoms with Crippen molar-refractivity contribution in [1.82, 2.24) is 4.90 Å². The lowest BCUT2D eigenvalue weighted by Gasteiger charge is -2.45. The summed E-state index contributed by atoms with van der Waals surface area (Å²) in [6.07, 6.45) is -5.24. The molecule has 3 aromatic rings. The smallest absolute Gasteiger partial charge is 0.416 e. The number of alkyl halides is 3. The lowest BCUT2D eigenvalue weighted by molar-refractivity contribution is -0.138. The van der Waals surface area contributed by atoms with Crippen molar-refractivity contribution in [3.05, 3.63) is 77.4 Å². The van der Waals surface area contributed by atoms with Gasteiger partial charge in [0.15, 0.2) is 11.6 Å². The van der Waals surface area contributed by atoms with Crippen LogP contribution in [-0.4, -0.2) is 62.3 Å². The number of para-hydroxylation sites is 1. The first kappa shape index (κ1) is 29.0. The number of benzene rings is 3. The van der Waals surface area contributed by atoms with Gasteiger partial charge in [0.2, 0.25) is 5.96 Å². The molecule has 0 aliphatic carbocycles. The second-order valence-electron chi connectivity index (χ2n) is 9.75. The number of halogens is 5. The zero-order valence-corrected chi connectivity index (χ0v) is 22.7. The summed E-state index contributed by atoms with van der Waals surface area (Å²) in [5.74, 6) is -2.20. The molecule has 5 rings (SSSR count). The molecule has 222 valence electrons. The highest BCUT2D eigenvalue weighted by Crippen LogP contribution is 2.46. The maximum atomic E-state index is 15.1. The zero-order chi connectivity index (χ0) is 30.2. The van der Waals surface area contributed by atoms with Crippen LogP contribution in [0.4, 0.5) is 39.0 Å². The Labute approximate surface area is 238 Å². The molecule has 0 aromatic heterocycles. The van der Waals surface area contributed by atoms with Crippen molar-refractivity contribution in [3.63, 3.8) is 0 Å². The summed E-state index contributed by atoms with van der Waals surface area (Å²) >= 11 is 0. The number of rotatable bonds is 6. The first-order valence-corrected chi connectivity index (χ1v) is 13.0. The van der Waals surface area contributed by atoms with Gasteiger partial charge in [-0.15, -0.1) is 0 Å². The van der Waals surface area contributed by atoms with E-state index in [1.807, 2.05) is 4.90 Å². The van der Waals surface area contributed by atoms with Gasteiger partial charge in [0, 0.05) is 43.5 Å². The minimum atomic E-state index is -4.69. The standard InChI is InChI=1S/C29H27F5N4O4/c1-41-24-9-6-17(29(32,33)34)14-23(24)38-22(16-26(39)40)19-4-3-5-21(31)27(19)35-28(38)37-12-10-36(11-13-37)18-7-8-20(30)25(15-18)42-2/h3-9,14-15,22H,10-13,16H2,1-2H3,(H,39,40). The molecule has 42 heavy (non-hydrogen) atoms. The quantitative estimate of drug-likeness (QED) is 0.361. The Hall–Kier alpha value is -4.55. The number of fused-ring (bicyclic) bond motifs is 1. The van der Waals surface area contributed by atoms with Gasteiger partial charge in [0.25, 0.3) is 0 Å². The molecule has 0 amide bonds. The number of aliphatic imine (C=N–C) groups is 1. The second kappa shape index (κ2) is 11.4. The highest BCUT2D eigenvalue weighted by molar-refractivity contribution is 6.02. The molecule has 1 saturated heterocycles. The monoisotopic (exact) mass is 590 g/mol. The fourth-order valence-electron chi connectivity index (χ4n) is 5.28. The van der Waals surface area contributed by atoms with Gasteiger partial charge in [-0.3, -0.25) is 4.79 Å². The minimum absolute atomic E-state index is 0.0575. The second-order valence-corrected chi connectivity index (χ2v) is 9.75. The fourth-order valence-corrected chi connectivity index (χ4v) is 5.28. The largest absolute Gasteiger partial charge is 0.495 e. The summed E-state index contributed by atoms with van der Waals surface area (Å²) in [6, 6.07) is 10.4. The number of methoxy groups -OCH3 is 2. The van der Waals surface area contributed by atoms with Gasteiger partial charge in [0.1, 0.15) is 17.3 Å². The molecule has 8 nitrogen and oxygen atoms in total. The molecule has 2 aliphatic rings. The topological polar surface area (TPSA) is 77.8 Å². The molecule has 0 radical (unpaired) electrons. The molecule has 0 saturated carbocycles. The first-order valence-electron chi connectivity index (χ1n) is 13.0. The number of hydrogen-bond acceptors (Lipinski definition) is 7. The van der Waals surface area contributed by atoms with Gasteiger partial charge in [-0.05, 0) is 36.4 Å². The van der Waals surface area contributed by atoms with E-state index in [0.717, 1.165) is 18.2 Å². The van der Waals surface area contributed by atoms with Crippen molar-refractivity contribution >= 4 is 29.0 Å². The molecule has 1 fully saturated rings. The van der Waals surface area contributed by atoms with Crippen molar-refractivity contribution in [3.8, 4) is 11.5 Å². The van der Waals surface area contributed by atoms with E-state index in [2.05, 4.69) is 4.99 Å². The van der Waals surface area contributed by atoms with Crippen molar-refractivity contribution in [2.75, 3.05) is 50.2 Å². The minimum Gasteiger partial charge on any atom is -0.495 e. The van der Waals surface area contributed by atoms with E-state index in [1.165, 1.54) is 43.4 Å². The SMILES string of the molecule is COc1cc(N2CCN(C3=Nc4c(F)cccc4C(CC(=O)O)N3c3cc(C(F)(F)F)ccc3OC)CC2)ccc1F. The van der Waals surface area contributed by atoms with E-state index in [4.69, 9.17) is 9.47 Å². The van der Waals surface area contributed by atoms with Gasteiger partial charge in [-0.1, -0.05) is 12.1 Å². The molecule has 0 bridgehead atoms. The van der Waals surface area contributed by atoms with E-state index in [0.29, 0.717) is 31.9 Å². The molecular formula is C29H27F5N4O4. The number of piperazine rings is 1. The van der Waals surface area contributed by atoms with Crippen LogP contribution in [0.3, 0.4) is 0 Å². The Morgan fingerprint density at radius 2 is 1.62 bits per heavy atom. The summed E-state index contributed by atoms with van der Waals surface area (Å²) in [6.45, 7) is 1.38. The highest BCUT2D eigenvalue weighted by Gasteiger charge is 2.40. The van der Waals surface area contributed by atoms with Crippen molar-refractivity contribution in [1.29, 1.82) is 0 Å². The Balaban J connectivity index is 1.59. The number of ether oxygens (including phenoxy) is 2. The van der Waals surface area contributed by atoms with Crippen LogP contribution in [0.1, 0.15) is 23.6 Å². The number of guanidine groups is 1. The third-order valence-corrected chi connectivity index (χ3v) is 7.31. The van der Waals surface area contributed by atoms with Crippen LogP contribution in [0, 0.1) is 11.6 Å². The predicted octanol–water partition coefficient (Wildman–Crippen LogP) is 5.85. The van der Waals surface area contributed by atoms with Crippen LogP contribution in [-0.2, 0) is 11.0 Å². The average molecular weight is 591 g/mol. The number of carbonyl (C=O) groups is 1. The molecule has 2 heterocycles. The van der Waals surface area contributed by atoms with Gasteiger partial charge >= 0.3 is 12.1 Å². The van der Waals surface area contributed by atoms with E-state index in [1.54, 1.807) is 17.0 Å². The average Bonchev–Trinajstić information content (AvgIpc) is 2.96. The number of nitrogens with zero attached hydrogens (tertiary/aromatic N) is 4. The van der Waals surface area contributed by atoms with E-state index in [9.17, 15) is 27.5 Å². The van der Waals surface area contributed by atoms with Crippen molar-refractivity contribution in [2.45, 2.75) is 18.6 Å². The summed E-state index contributed by atoms with van der Waals surface area (Å²) < 4.78 is 81.0. The van der Waals surface area contributed by atoms with Gasteiger partial charge in [0.05, 0.1) is 37.9 Å². The number of carboxylic acids is 1. The summed E-state index contributed by atoms with van der Waals surface area (Å²) in [5, 5.41) is 9.83. The summed E-state index contributed by atoms with van der Waals surface area (Å²) in [4.78, 5) is 21.7. The van der Waals surface area contributed by atoms with Crippen LogP contribution in [0.15, 0.2) is 59.6 Å². The lowest BCUT2D eigenvalue weighted by atomic mass is 9.96. The van der Waals surface area contributed by atoms with Crippen LogP contribution >= 0.6 is 0 Å². The number of carboxylic acid groups (broad SMARTS) is 1. The summed E-state index contributed by atoms with van der Waals surface area (Å²) in [5.41, 5.74) is -0.177. The Morgan fingerprint density at radius 1 is 0.929 bits per heavy atom.